The Morgan fingerprint density at radius 2 is 1.72 bits per heavy atom. The van der Waals surface area contributed by atoms with Crippen LogP contribution in [0, 0.1) is 11.7 Å². The molecule has 1 amide bonds. The number of carbonyl (C=O) groups excluding carboxylic acids is 1. The molecule has 4 nitrogen and oxygen atoms in total. The Bertz CT molecular complexity index is 564. The van der Waals surface area contributed by atoms with Crippen LogP contribution in [0.25, 0.3) is 0 Å². The van der Waals surface area contributed by atoms with Crippen LogP contribution in [0.1, 0.15) is 38.2 Å². The van der Waals surface area contributed by atoms with Gasteiger partial charge in [-0.2, -0.15) is 0 Å². The van der Waals surface area contributed by atoms with Crippen LogP contribution >= 0.6 is 0 Å². The van der Waals surface area contributed by atoms with Crippen molar-refractivity contribution in [1.82, 2.24) is 15.1 Å². The van der Waals surface area contributed by atoms with Crippen molar-refractivity contribution >= 4 is 5.91 Å². The molecule has 2 aliphatic rings. The van der Waals surface area contributed by atoms with E-state index in [2.05, 4.69) is 22.0 Å². The maximum Gasteiger partial charge on any atom is 0.234 e. The Morgan fingerprint density at radius 3 is 2.40 bits per heavy atom. The summed E-state index contributed by atoms with van der Waals surface area (Å²) in [7, 11) is 0. The third-order valence-electron chi connectivity index (χ3n) is 5.56. The molecule has 2 fully saturated rings. The van der Waals surface area contributed by atoms with Gasteiger partial charge in [-0.25, -0.2) is 4.39 Å². The van der Waals surface area contributed by atoms with Gasteiger partial charge < -0.3 is 5.32 Å². The lowest BCUT2D eigenvalue weighted by atomic mass is 9.87. The molecule has 0 spiro atoms. The van der Waals surface area contributed by atoms with Crippen LogP contribution in [-0.4, -0.2) is 54.5 Å². The number of halogens is 1. The molecule has 0 bridgehead atoms. The monoisotopic (exact) mass is 347 g/mol. The number of hydrogen-bond acceptors (Lipinski definition) is 3. The van der Waals surface area contributed by atoms with Gasteiger partial charge in [0.25, 0.3) is 0 Å². The summed E-state index contributed by atoms with van der Waals surface area (Å²) in [6.45, 7) is 6.91. The molecule has 1 heterocycles. The zero-order valence-electron chi connectivity index (χ0n) is 15.2. The summed E-state index contributed by atoms with van der Waals surface area (Å²) >= 11 is 0. The van der Waals surface area contributed by atoms with Gasteiger partial charge in [0, 0.05) is 44.3 Å². The van der Waals surface area contributed by atoms with Crippen LogP contribution in [0.2, 0.25) is 0 Å². The van der Waals surface area contributed by atoms with Gasteiger partial charge in [0.05, 0.1) is 6.54 Å². The van der Waals surface area contributed by atoms with Gasteiger partial charge >= 0.3 is 0 Å². The topological polar surface area (TPSA) is 35.6 Å². The molecule has 5 heteroatoms. The number of amides is 1. The first-order chi connectivity index (χ1) is 12.1. The number of nitrogens with zero attached hydrogens (tertiary/aromatic N) is 2. The quantitative estimate of drug-likeness (QED) is 0.889. The van der Waals surface area contributed by atoms with Crippen LogP contribution in [-0.2, 0) is 11.3 Å². The summed E-state index contributed by atoms with van der Waals surface area (Å²) in [6, 6.07) is 7.33. The molecule has 1 saturated carbocycles. The minimum atomic E-state index is -0.133. The molecule has 3 rings (SSSR count). The fourth-order valence-electron chi connectivity index (χ4n) is 3.85. The minimum absolute atomic E-state index is 0.133. The van der Waals surface area contributed by atoms with E-state index in [9.17, 15) is 9.18 Å². The summed E-state index contributed by atoms with van der Waals surface area (Å²) in [4.78, 5) is 16.7. The van der Waals surface area contributed by atoms with Gasteiger partial charge in [-0.05, 0) is 37.7 Å². The third kappa shape index (κ3) is 5.51. The van der Waals surface area contributed by atoms with Crippen molar-refractivity contribution in [2.75, 3.05) is 32.7 Å². The first-order valence-corrected chi connectivity index (χ1v) is 9.57. The third-order valence-corrected chi connectivity index (χ3v) is 5.56. The standard InChI is InChI=1S/C20H30FN3O/c1-16-6-8-18(9-7-16)22-20(25)15-24-12-10-23(11-13-24)14-17-4-2-3-5-19(17)21/h2-5,16,18H,6-15H2,1H3,(H,22,25). The van der Waals surface area contributed by atoms with Crippen LogP contribution in [0.15, 0.2) is 24.3 Å². The molecule has 1 aromatic rings. The summed E-state index contributed by atoms with van der Waals surface area (Å²) < 4.78 is 13.8. The van der Waals surface area contributed by atoms with Crippen molar-refractivity contribution < 1.29 is 9.18 Å². The Kier molecular flexibility index (Phi) is 6.43. The van der Waals surface area contributed by atoms with E-state index < -0.39 is 0 Å². The van der Waals surface area contributed by atoms with Crippen LogP contribution in [0.3, 0.4) is 0 Å². The van der Waals surface area contributed by atoms with Crippen molar-refractivity contribution in [3.63, 3.8) is 0 Å². The number of carbonyl (C=O) groups is 1. The largest absolute Gasteiger partial charge is 0.352 e. The van der Waals surface area contributed by atoms with E-state index in [-0.39, 0.29) is 11.7 Å². The van der Waals surface area contributed by atoms with E-state index in [0.717, 1.165) is 50.5 Å². The van der Waals surface area contributed by atoms with E-state index in [1.807, 2.05) is 12.1 Å². The van der Waals surface area contributed by atoms with E-state index in [1.54, 1.807) is 6.07 Å². The lowest BCUT2D eigenvalue weighted by molar-refractivity contribution is -0.123. The SMILES string of the molecule is CC1CCC(NC(=O)CN2CCN(Cc3ccccc3F)CC2)CC1. The molecular formula is C20H30FN3O. The Hall–Kier alpha value is -1.46. The van der Waals surface area contributed by atoms with Gasteiger partial charge in [0.15, 0.2) is 0 Å². The first-order valence-electron chi connectivity index (χ1n) is 9.57. The molecule has 1 N–H and O–H groups in total. The van der Waals surface area contributed by atoms with E-state index in [0.29, 0.717) is 19.1 Å². The maximum atomic E-state index is 13.8. The fraction of sp³-hybridized carbons (Fsp3) is 0.650. The summed E-state index contributed by atoms with van der Waals surface area (Å²) in [5.74, 6) is 0.823. The second-order valence-electron chi connectivity index (χ2n) is 7.67. The van der Waals surface area contributed by atoms with Gasteiger partial charge in [-0.15, -0.1) is 0 Å². The highest BCUT2D eigenvalue weighted by Crippen LogP contribution is 2.23. The average molecular weight is 347 g/mol. The second-order valence-corrected chi connectivity index (χ2v) is 7.67. The Morgan fingerprint density at radius 1 is 1.08 bits per heavy atom. The van der Waals surface area contributed by atoms with E-state index in [4.69, 9.17) is 0 Å². The first kappa shape index (κ1) is 18.3. The molecule has 25 heavy (non-hydrogen) atoms. The lowest BCUT2D eigenvalue weighted by Crippen LogP contribution is -2.50. The molecule has 1 aliphatic carbocycles. The van der Waals surface area contributed by atoms with Crippen LogP contribution in [0.5, 0.6) is 0 Å². The Labute approximate surface area is 150 Å². The predicted octanol–water partition coefficient (Wildman–Crippen LogP) is 2.64. The minimum Gasteiger partial charge on any atom is -0.352 e. The molecule has 138 valence electrons. The number of hydrogen-bond donors (Lipinski definition) is 1. The van der Waals surface area contributed by atoms with Gasteiger partial charge in [-0.3, -0.25) is 14.6 Å². The predicted molar refractivity (Wildman–Crippen MR) is 97.7 cm³/mol. The summed E-state index contributed by atoms with van der Waals surface area (Å²) in [5.41, 5.74) is 0.750. The van der Waals surface area contributed by atoms with Gasteiger partial charge in [-0.1, -0.05) is 25.1 Å². The number of rotatable bonds is 5. The molecular weight excluding hydrogens is 317 g/mol. The molecule has 1 saturated heterocycles. The van der Waals surface area contributed by atoms with Crippen molar-refractivity contribution in [3.8, 4) is 0 Å². The zero-order chi connectivity index (χ0) is 17.6. The van der Waals surface area contributed by atoms with Gasteiger partial charge in [0.1, 0.15) is 5.82 Å². The van der Waals surface area contributed by atoms with Crippen LogP contribution in [0.4, 0.5) is 4.39 Å². The molecule has 0 unspecified atom stereocenters. The van der Waals surface area contributed by atoms with Crippen molar-refractivity contribution in [1.29, 1.82) is 0 Å². The number of benzene rings is 1. The second kappa shape index (κ2) is 8.77. The van der Waals surface area contributed by atoms with Crippen LogP contribution < -0.4 is 5.32 Å². The number of nitrogens with one attached hydrogen (secondary N) is 1. The van der Waals surface area contributed by atoms with Gasteiger partial charge in [0.2, 0.25) is 5.91 Å². The van der Waals surface area contributed by atoms with E-state index in [1.165, 1.54) is 18.9 Å². The number of piperazine rings is 1. The lowest BCUT2D eigenvalue weighted by Gasteiger charge is -2.35. The molecule has 1 aromatic carbocycles. The van der Waals surface area contributed by atoms with Crippen molar-refractivity contribution in [3.05, 3.63) is 35.6 Å². The molecule has 0 atom stereocenters. The molecule has 0 radical (unpaired) electrons. The van der Waals surface area contributed by atoms with Crippen molar-refractivity contribution in [2.45, 2.75) is 45.2 Å². The highest BCUT2D eigenvalue weighted by molar-refractivity contribution is 5.78. The zero-order valence-corrected chi connectivity index (χ0v) is 15.2. The summed E-state index contributed by atoms with van der Waals surface area (Å²) in [6.07, 6.45) is 4.67. The average Bonchev–Trinajstić information content (AvgIpc) is 2.61. The smallest absolute Gasteiger partial charge is 0.234 e. The normalized spacial score (nSPS) is 25.7. The Balaban J connectivity index is 1.37. The fourth-order valence-corrected chi connectivity index (χ4v) is 3.85. The van der Waals surface area contributed by atoms with Crippen molar-refractivity contribution in [2.24, 2.45) is 5.92 Å². The van der Waals surface area contributed by atoms with E-state index >= 15 is 0 Å². The highest BCUT2D eigenvalue weighted by atomic mass is 19.1. The highest BCUT2D eigenvalue weighted by Gasteiger charge is 2.23. The molecule has 0 aromatic heterocycles. The summed E-state index contributed by atoms with van der Waals surface area (Å²) in [5, 5.41) is 3.20. The molecule has 1 aliphatic heterocycles. The maximum absolute atomic E-state index is 13.8.